The molecule has 1 saturated heterocycles. The second-order valence-corrected chi connectivity index (χ2v) is 10.9. The third-order valence-electron chi connectivity index (χ3n) is 8.31. The number of nitrogens with zero attached hydrogens (tertiary/aromatic N) is 4. The van der Waals surface area contributed by atoms with Gasteiger partial charge in [-0.3, -0.25) is 4.98 Å². The Morgan fingerprint density at radius 1 is 1.00 bits per heavy atom. The topological polar surface area (TPSA) is 86.2 Å². The van der Waals surface area contributed by atoms with Crippen LogP contribution in [0.5, 0.6) is 0 Å². The van der Waals surface area contributed by atoms with Crippen molar-refractivity contribution in [2.75, 3.05) is 30.3 Å². The summed E-state index contributed by atoms with van der Waals surface area (Å²) in [5.41, 5.74) is 3.28. The van der Waals surface area contributed by atoms with E-state index in [0.717, 1.165) is 55.2 Å². The highest BCUT2D eigenvalue weighted by molar-refractivity contribution is 5.57. The predicted octanol–water partition coefficient (Wildman–Crippen LogP) is 5.26. The van der Waals surface area contributed by atoms with Gasteiger partial charge >= 0.3 is 0 Å². The van der Waals surface area contributed by atoms with Crippen LogP contribution in [0.25, 0.3) is 0 Å². The molecule has 0 amide bonds. The number of aliphatic hydroxyl groups excluding tert-OH is 1. The molecule has 3 N–H and O–H groups in total. The number of aromatic nitrogens is 3. The van der Waals surface area contributed by atoms with E-state index in [1.54, 1.807) is 0 Å². The SMILES string of the molecule is CCc1cc(Nc2ncc(C3CCN(CC4CCCC4)CC3)c(NC3CCC(O)CC3)n2)ccn1. The maximum atomic E-state index is 9.96. The van der Waals surface area contributed by atoms with Crippen LogP contribution < -0.4 is 10.6 Å². The molecule has 2 saturated carbocycles. The second-order valence-electron chi connectivity index (χ2n) is 10.9. The van der Waals surface area contributed by atoms with Crippen molar-refractivity contribution in [2.24, 2.45) is 5.92 Å². The fraction of sp³-hybridized carbons (Fsp3) is 0.679. The summed E-state index contributed by atoms with van der Waals surface area (Å²) in [6.45, 7) is 5.74. The molecule has 0 unspecified atom stereocenters. The summed E-state index contributed by atoms with van der Waals surface area (Å²) < 4.78 is 0. The number of nitrogens with one attached hydrogen (secondary N) is 2. The molecule has 7 heteroatoms. The third kappa shape index (κ3) is 6.50. The molecule has 0 radical (unpaired) electrons. The minimum Gasteiger partial charge on any atom is -0.393 e. The Kier molecular flexibility index (Phi) is 8.14. The molecule has 2 aliphatic carbocycles. The van der Waals surface area contributed by atoms with Gasteiger partial charge in [0.15, 0.2) is 0 Å². The van der Waals surface area contributed by atoms with E-state index in [9.17, 15) is 5.11 Å². The van der Waals surface area contributed by atoms with E-state index < -0.39 is 0 Å². The van der Waals surface area contributed by atoms with Crippen LogP contribution in [0.4, 0.5) is 17.5 Å². The first-order valence-corrected chi connectivity index (χ1v) is 13.9. The number of aliphatic hydroxyl groups is 1. The third-order valence-corrected chi connectivity index (χ3v) is 8.31. The fourth-order valence-electron chi connectivity index (χ4n) is 6.14. The first-order chi connectivity index (χ1) is 17.2. The molecule has 3 heterocycles. The van der Waals surface area contributed by atoms with Gasteiger partial charge in [0.1, 0.15) is 5.82 Å². The van der Waals surface area contributed by atoms with Crippen LogP contribution in [0.3, 0.4) is 0 Å². The molecule has 5 rings (SSSR count). The van der Waals surface area contributed by atoms with E-state index in [1.807, 2.05) is 12.3 Å². The van der Waals surface area contributed by atoms with Crippen LogP contribution in [0.2, 0.25) is 0 Å². The van der Waals surface area contributed by atoms with E-state index in [0.29, 0.717) is 17.9 Å². The number of rotatable bonds is 8. The molecule has 2 aromatic heterocycles. The maximum absolute atomic E-state index is 9.96. The predicted molar refractivity (Wildman–Crippen MR) is 141 cm³/mol. The van der Waals surface area contributed by atoms with Gasteiger partial charge in [0, 0.05) is 41.9 Å². The average molecular weight is 479 g/mol. The lowest BCUT2D eigenvalue weighted by atomic mass is 9.89. The highest BCUT2D eigenvalue weighted by Gasteiger charge is 2.28. The molecule has 0 atom stereocenters. The van der Waals surface area contributed by atoms with Crippen LogP contribution in [-0.2, 0) is 6.42 Å². The number of aryl methyl sites for hydroxylation is 1. The van der Waals surface area contributed by atoms with Gasteiger partial charge in [-0.15, -0.1) is 0 Å². The first kappa shape index (κ1) is 24.4. The average Bonchev–Trinajstić information content (AvgIpc) is 3.39. The highest BCUT2D eigenvalue weighted by Crippen LogP contribution is 2.35. The van der Waals surface area contributed by atoms with Crippen LogP contribution >= 0.6 is 0 Å². The van der Waals surface area contributed by atoms with Gasteiger partial charge in [-0.2, -0.15) is 4.98 Å². The standard InChI is InChI=1S/C28H42N6O/c1-2-22-17-24(11-14-29-22)32-28-30-18-26(27(33-28)31-23-7-9-25(35)10-8-23)21-12-15-34(16-13-21)19-20-5-3-4-6-20/h11,14,17-18,20-21,23,25,35H,2-10,12-13,15-16,19H2,1H3,(H2,29,30,31,32,33). The van der Waals surface area contributed by atoms with Crippen molar-refractivity contribution in [3.05, 3.63) is 35.8 Å². The Morgan fingerprint density at radius 2 is 1.77 bits per heavy atom. The van der Waals surface area contributed by atoms with Crippen LogP contribution in [0, 0.1) is 5.92 Å². The van der Waals surface area contributed by atoms with Gasteiger partial charge < -0.3 is 20.6 Å². The number of anilines is 3. The maximum Gasteiger partial charge on any atom is 0.229 e. The first-order valence-electron chi connectivity index (χ1n) is 13.9. The van der Waals surface area contributed by atoms with Gasteiger partial charge in [-0.1, -0.05) is 19.8 Å². The molecule has 0 spiro atoms. The molecule has 2 aromatic rings. The lowest BCUT2D eigenvalue weighted by molar-refractivity contribution is 0.126. The van der Waals surface area contributed by atoms with E-state index in [-0.39, 0.29) is 6.10 Å². The van der Waals surface area contributed by atoms with Crippen molar-refractivity contribution >= 4 is 17.5 Å². The van der Waals surface area contributed by atoms with Gasteiger partial charge in [0.25, 0.3) is 0 Å². The summed E-state index contributed by atoms with van der Waals surface area (Å²) in [4.78, 5) is 16.8. The number of likely N-dealkylation sites (tertiary alicyclic amines) is 1. The van der Waals surface area contributed by atoms with E-state index in [2.05, 4.69) is 39.7 Å². The summed E-state index contributed by atoms with van der Waals surface area (Å²) >= 11 is 0. The Labute approximate surface area is 210 Å². The van der Waals surface area contributed by atoms with Gasteiger partial charge in [-0.05, 0) is 94.8 Å². The fourth-order valence-corrected chi connectivity index (χ4v) is 6.14. The molecule has 3 aliphatic rings. The Hall–Kier alpha value is -2.25. The van der Waals surface area contributed by atoms with Crippen molar-refractivity contribution < 1.29 is 5.11 Å². The van der Waals surface area contributed by atoms with Crippen molar-refractivity contribution in [2.45, 2.75) is 95.6 Å². The van der Waals surface area contributed by atoms with Crippen molar-refractivity contribution in [1.29, 1.82) is 0 Å². The van der Waals surface area contributed by atoms with Crippen LogP contribution in [0.15, 0.2) is 24.5 Å². The normalized spacial score (nSPS) is 24.5. The number of piperidine rings is 1. The Morgan fingerprint density at radius 3 is 2.51 bits per heavy atom. The van der Waals surface area contributed by atoms with Crippen LogP contribution in [0.1, 0.15) is 88.3 Å². The van der Waals surface area contributed by atoms with Crippen LogP contribution in [-0.4, -0.2) is 56.7 Å². The molecule has 7 nitrogen and oxygen atoms in total. The zero-order chi connectivity index (χ0) is 24.0. The van der Waals surface area contributed by atoms with E-state index in [1.165, 1.54) is 63.7 Å². The molecule has 1 aliphatic heterocycles. The van der Waals surface area contributed by atoms with Crippen molar-refractivity contribution in [1.82, 2.24) is 19.9 Å². The van der Waals surface area contributed by atoms with Crippen molar-refractivity contribution in [3.63, 3.8) is 0 Å². The minimum atomic E-state index is -0.154. The lowest BCUT2D eigenvalue weighted by Crippen LogP contribution is -2.36. The minimum absolute atomic E-state index is 0.154. The number of pyridine rings is 1. The molecular weight excluding hydrogens is 436 g/mol. The molecule has 35 heavy (non-hydrogen) atoms. The van der Waals surface area contributed by atoms with Gasteiger partial charge in [0.2, 0.25) is 5.95 Å². The largest absolute Gasteiger partial charge is 0.393 e. The Balaban J connectivity index is 1.30. The van der Waals surface area contributed by atoms with Crippen molar-refractivity contribution in [3.8, 4) is 0 Å². The molecule has 0 aromatic carbocycles. The number of hydrogen-bond donors (Lipinski definition) is 3. The highest BCUT2D eigenvalue weighted by atomic mass is 16.3. The molecular formula is C28H42N6O. The summed E-state index contributed by atoms with van der Waals surface area (Å²) in [5.74, 6) is 3.01. The molecule has 0 bridgehead atoms. The zero-order valence-electron chi connectivity index (χ0n) is 21.3. The lowest BCUT2D eigenvalue weighted by Gasteiger charge is -2.34. The quantitative estimate of drug-likeness (QED) is 0.477. The summed E-state index contributed by atoms with van der Waals surface area (Å²) in [5, 5.41) is 17.1. The molecule has 3 fully saturated rings. The Bertz CT molecular complexity index is 946. The molecule has 190 valence electrons. The van der Waals surface area contributed by atoms with E-state index >= 15 is 0 Å². The summed E-state index contributed by atoms with van der Waals surface area (Å²) in [6.07, 6.45) is 16.3. The second kappa shape index (κ2) is 11.7. The van der Waals surface area contributed by atoms with E-state index in [4.69, 9.17) is 9.97 Å². The van der Waals surface area contributed by atoms with Gasteiger partial charge in [-0.25, -0.2) is 4.98 Å². The monoisotopic (exact) mass is 478 g/mol. The zero-order valence-corrected chi connectivity index (χ0v) is 21.3. The smallest absolute Gasteiger partial charge is 0.229 e. The van der Waals surface area contributed by atoms with Gasteiger partial charge in [0.05, 0.1) is 6.10 Å². The number of hydrogen-bond acceptors (Lipinski definition) is 7. The summed E-state index contributed by atoms with van der Waals surface area (Å²) in [7, 11) is 0. The summed E-state index contributed by atoms with van der Waals surface area (Å²) in [6, 6.07) is 4.38.